The molecule has 106 valence electrons. The number of nitrogens with zero attached hydrogens (tertiary/aromatic N) is 1. The number of ether oxygens (including phenoxy) is 2. The van der Waals surface area contributed by atoms with Crippen molar-refractivity contribution in [3.63, 3.8) is 0 Å². The van der Waals surface area contributed by atoms with E-state index < -0.39 is 5.97 Å². The third-order valence-electron chi connectivity index (χ3n) is 2.51. The van der Waals surface area contributed by atoms with Gasteiger partial charge in [-0.3, -0.25) is 0 Å². The molecule has 0 aromatic heterocycles. The first kappa shape index (κ1) is 15.3. The third kappa shape index (κ3) is 4.79. The van der Waals surface area contributed by atoms with Crippen molar-refractivity contribution in [2.24, 2.45) is 0 Å². The van der Waals surface area contributed by atoms with E-state index in [0.29, 0.717) is 24.7 Å². The van der Waals surface area contributed by atoms with Crippen LogP contribution in [0.3, 0.4) is 0 Å². The molecule has 1 aromatic carbocycles. The van der Waals surface area contributed by atoms with Crippen LogP contribution in [-0.4, -0.2) is 49.8 Å². The highest BCUT2D eigenvalue weighted by Gasteiger charge is 2.16. The second-order valence-corrected chi connectivity index (χ2v) is 4.38. The monoisotopic (exact) mass is 267 g/mol. The smallest absolute Gasteiger partial charge is 0.339 e. The van der Waals surface area contributed by atoms with Crippen LogP contribution in [0.2, 0.25) is 0 Å². The molecule has 0 aliphatic carbocycles. The lowest BCUT2D eigenvalue weighted by Gasteiger charge is -2.15. The van der Waals surface area contributed by atoms with Crippen LogP contribution >= 0.6 is 0 Å². The second kappa shape index (κ2) is 7.63. The van der Waals surface area contributed by atoms with E-state index in [4.69, 9.17) is 14.6 Å². The summed E-state index contributed by atoms with van der Waals surface area (Å²) in [6.07, 6.45) is 0.826. The SMILES string of the molecule is CCOc1cccc(C(=O)O)c1OCCCN(C)C. The van der Waals surface area contributed by atoms with Gasteiger partial charge in [0.2, 0.25) is 0 Å². The lowest BCUT2D eigenvalue weighted by molar-refractivity contribution is 0.0691. The van der Waals surface area contributed by atoms with Gasteiger partial charge in [-0.05, 0) is 39.6 Å². The molecule has 0 saturated heterocycles. The Bertz CT molecular complexity index is 418. The Balaban J connectivity index is 2.79. The first-order valence-corrected chi connectivity index (χ1v) is 6.33. The minimum absolute atomic E-state index is 0.135. The zero-order valence-electron chi connectivity index (χ0n) is 11.7. The van der Waals surface area contributed by atoms with Crippen LogP contribution in [0, 0.1) is 0 Å². The summed E-state index contributed by atoms with van der Waals surface area (Å²) in [5, 5.41) is 9.16. The Morgan fingerprint density at radius 1 is 1.32 bits per heavy atom. The minimum Gasteiger partial charge on any atom is -0.490 e. The van der Waals surface area contributed by atoms with E-state index in [-0.39, 0.29) is 5.56 Å². The van der Waals surface area contributed by atoms with Crippen molar-refractivity contribution in [2.75, 3.05) is 33.9 Å². The van der Waals surface area contributed by atoms with Gasteiger partial charge in [-0.2, -0.15) is 0 Å². The van der Waals surface area contributed by atoms with Gasteiger partial charge in [-0.15, -0.1) is 0 Å². The van der Waals surface area contributed by atoms with Crippen molar-refractivity contribution < 1.29 is 19.4 Å². The van der Waals surface area contributed by atoms with Gasteiger partial charge >= 0.3 is 5.97 Å². The predicted molar refractivity (Wildman–Crippen MR) is 73.2 cm³/mol. The fourth-order valence-electron chi connectivity index (χ4n) is 1.66. The molecule has 0 fully saturated rings. The molecule has 5 nitrogen and oxygen atoms in total. The van der Waals surface area contributed by atoms with Gasteiger partial charge in [0.25, 0.3) is 0 Å². The van der Waals surface area contributed by atoms with Crippen LogP contribution in [0.15, 0.2) is 18.2 Å². The molecule has 0 heterocycles. The van der Waals surface area contributed by atoms with E-state index in [2.05, 4.69) is 4.90 Å². The number of hydrogen-bond donors (Lipinski definition) is 1. The van der Waals surface area contributed by atoms with Crippen LogP contribution in [0.25, 0.3) is 0 Å². The molecule has 0 spiro atoms. The molecular formula is C14H21NO4. The van der Waals surface area contributed by atoms with Gasteiger partial charge in [0.05, 0.1) is 13.2 Å². The zero-order valence-corrected chi connectivity index (χ0v) is 11.7. The lowest BCUT2D eigenvalue weighted by Crippen LogP contribution is -2.16. The summed E-state index contributed by atoms with van der Waals surface area (Å²) in [7, 11) is 3.97. The van der Waals surface area contributed by atoms with Crippen molar-refractivity contribution in [1.82, 2.24) is 4.90 Å². The summed E-state index contributed by atoms with van der Waals surface area (Å²) >= 11 is 0. The van der Waals surface area contributed by atoms with E-state index >= 15 is 0 Å². The summed E-state index contributed by atoms with van der Waals surface area (Å²) in [6.45, 7) is 3.67. The van der Waals surface area contributed by atoms with Crippen LogP contribution in [0.4, 0.5) is 0 Å². The standard InChI is InChI=1S/C14H21NO4/c1-4-18-12-8-5-7-11(14(16)17)13(12)19-10-6-9-15(2)3/h5,7-8H,4,6,9-10H2,1-3H3,(H,16,17). The molecule has 1 aromatic rings. The van der Waals surface area contributed by atoms with Gasteiger partial charge in [-0.25, -0.2) is 4.79 Å². The molecule has 0 atom stereocenters. The fourth-order valence-corrected chi connectivity index (χ4v) is 1.66. The molecule has 1 N–H and O–H groups in total. The van der Waals surface area contributed by atoms with E-state index in [9.17, 15) is 4.79 Å². The van der Waals surface area contributed by atoms with Gasteiger partial charge in [-0.1, -0.05) is 6.07 Å². The summed E-state index contributed by atoms with van der Waals surface area (Å²) in [6, 6.07) is 4.89. The normalized spacial score (nSPS) is 10.5. The van der Waals surface area contributed by atoms with Crippen LogP contribution in [-0.2, 0) is 0 Å². The Labute approximate surface area is 113 Å². The highest BCUT2D eigenvalue weighted by atomic mass is 16.5. The lowest BCUT2D eigenvalue weighted by atomic mass is 10.2. The number of carbonyl (C=O) groups is 1. The number of hydrogen-bond acceptors (Lipinski definition) is 4. The van der Waals surface area contributed by atoms with Crippen LogP contribution in [0.1, 0.15) is 23.7 Å². The number of benzene rings is 1. The van der Waals surface area contributed by atoms with Crippen LogP contribution in [0.5, 0.6) is 11.5 Å². The van der Waals surface area contributed by atoms with Gasteiger partial charge < -0.3 is 19.5 Å². The predicted octanol–water partition coefficient (Wildman–Crippen LogP) is 2.11. The first-order chi connectivity index (χ1) is 9.06. The van der Waals surface area contributed by atoms with Crippen molar-refractivity contribution in [2.45, 2.75) is 13.3 Å². The minimum atomic E-state index is -1.01. The maximum absolute atomic E-state index is 11.2. The van der Waals surface area contributed by atoms with Gasteiger partial charge in [0, 0.05) is 6.54 Å². The quantitative estimate of drug-likeness (QED) is 0.731. The molecule has 0 unspecified atom stereocenters. The molecule has 0 bridgehead atoms. The number of aromatic carboxylic acids is 1. The van der Waals surface area contributed by atoms with Gasteiger partial charge in [0.15, 0.2) is 11.5 Å². The molecule has 5 heteroatoms. The largest absolute Gasteiger partial charge is 0.490 e. The Morgan fingerprint density at radius 2 is 2.05 bits per heavy atom. The molecule has 1 rings (SSSR count). The molecular weight excluding hydrogens is 246 g/mol. The number of rotatable bonds is 8. The Morgan fingerprint density at radius 3 is 2.63 bits per heavy atom. The van der Waals surface area contributed by atoms with E-state index in [1.807, 2.05) is 21.0 Å². The molecule has 0 saturated carbocycles. The molecule has 0 aliphatic heterocycles. The molecule has 0 radical (unpaired) electrons. The maximum atomic E-state index is 11.2. The third-order valence-corrected chi connectivity index (χ3v) is 2.51. The van der Waals surface area contributed by atoms with Crippen molar-refractivity contribution in [3.05, 3.63) is 23.8 Å². The summed E-state index contributed by atoms with van der Waals surface area (Å²) in [5.41, 5.74) is 0.135. The van der Waals surface area contributed by atoms with Gasteiger partial charge in [0.1, 0.15) is 5.56 Å². The second-order valence-electron chi connectivity index (χ2n) is 4.38. The first-order valence-electron chi connectivity index (χ1n) is 6.33. The number of para-hydroxylation sites is 1. The topological polar surface area (TPSA) is 59.0 Å². The number of carboxylic acids is 1. The maximum Gasteiger partial charge on any atom is 0.339 e. The van der Waals surface area contributed by atoms with Crippen molar-refractivity contribution in [1.29, 1.82) is 0 Å². The molecule has 0 aliphatic rings. The van der Waals surface area contributed by atoms with E-state index in [0.717, 1.165) is 13.0 Å². The highest BCUT2D eigenvalue weighted by Crippen LogP contribution is 2.31. The van der Waals surface area contributed by atoms with Crippen molar-refractivity contribution in [3.8, 4) is 11.5 Å². The fraction of sp³-hybridized carbons (Fsp3) is 0.500. The summed E-state index contributed by atoms with van der Waals surface area (Å²) < 4.78 is 11.0. The highest BCUT2D eigenvalue weighted by molar-refractivity contribution is 5.92. The van der Waals surface area contributed by atoms with Crippen LogP contribution < -0.4 is 9.47 Å². The Kier molecular flexibility index (Phi) is 6.15. The summed E-state index contributed by atoms with van der Waals surface area (Å²) in [5.74, 6) is -0.216. The number of carboxylic acid groups (broad SMARTS) is 1. The van der Waals surface area contributed by atoms with Crippen molar-refractivity contribution >= 4 is 5.97 Å². The average Bonchev–Trinajstić information content (AvgIpc) is 2.35. The Hall–Kier alpha value is -1.75. The average molecular weight is 267 g/mol. The molecule has 19 heavy (non-hydrogen) atoms. The van der Waals surface area contributed by atoms with E-state index in [1.165, 1.54) is 6.07 Å². The van der Waals surface area contributed by atoms with E-state index in [1.54, 1.807) is 12.1 Å². The molecule has 0 amide bonds. The zero-order chi connectivity index (χ0) is 14.3. The summed E-state index contributed by atoms with van der Waals surface area (Å²) in [4.78, 5) is 13.2.